The van der Waals surface area contributed by atoms with Crippen LogP contribution < -0.4 is 27.2 Å². The number of aliphatic hydroxyl groups is 1. The van der Waals surface area contributed by atoms with Gasteiger partial charge in [-0.3, -0.25) is 19.1 Å². The summed E-state index contributed by atoms with van der Waals surface area (Å²) in [4.78, 5) is 35.6. The van der Waals surface area contributed by atoms with Gasteiger partial charge in [0.1, 0.15) is 11.2 Å². The van der Waals surface area contributed by atoms with E-state index in [1.807, 2.05) is 38.1 Å². The maximum atomic E-state index is 13.6. The lowest BCUT2D eigenvalue weighted by Gasteiger charge is -2.21. The van der Waals surface area contributed by atoms with Gasteiger partial charge < -0.3 is 26.8 Å². The number of rotatable bonds is 10. The molecule has 6 N–H and O–H groups in total. The van der Waals surface area contributed by atoms with Crippen LogP contribution in [0, 0.1) is 5.92 Å². The van der Waals surface area contributed by atoms with Gasteiger partial charge in [-0.1, -0.05) is 31.3 Å². The SMILES string of the molecule is CN=c1c(C(=O)NCc2ccc3nc(N)sc3c2)cccn1/C(=C/[C@@H]1CCCN1)C(=O)N[C@H](CO)CC(C)C. The Hall–Kier alpha value is -3.54. The third-order valence-electron chi connectivity index (χ3n) is 6.61. The fourth-order valence-corrected chi connectivity index (χ4v) is 5.59. The molecule has 1 fully saturated rings. The molecular weight excluding hydrogens is 514 g/mol. The van der Waals surface area contributed by atoms with Crippen molar-refractivity contribution < 1.29 is 14.7 Å². The molecule has 2 amide bonds. The van der Waals surface area contributed by atoms with Gasteiger partial charge in [0.05, 0.1) is 28.4 Å². The molecule has 3 aromatic rings. The summed E-state index contributed by atoms with van der Waals surface area (Å²) in [5.41, 5.74) is 8.64. The van der Waals surface area contributed by atoms with Crippen molar-refractivity contribution in [1.29, 1.82) is 0 Å². The molecule has 10 nitrogen and oxygen atoms in total. The number of amides is 2. The van der Waals surface area contributed by atoms with Gasteiger partial charge in [-0.25, -0.2) is 4.98 Å². The number of hydrogen-bond donors (Lipinski definition) is 5. The average Bonchev–Trinajstić information content (AvgIpc) is 3.57. The quantitative estimate of drug-likeness (QED) is 0.244. The van der Waals surface area contributed by atoms with E-state index in [1.165, 1.54) is 11.3 Å². The number of fused-ring (bicyclic) bond motifs is 1. The lowest BCUT2D eigenvalue weighted by molar-refractivity contribution is -0.117. The van der Waals surface area contributed by atoms with E-state index >= 15 is 0 Å². The molecule has 0 radical (unpaired) electrons. The normalized spacial score (nSPS) is 17.1. The number of nitrogens with one attached hydrogen (secondary N) is 3. The molecule has 208 valence electrons. The van der Waals surface area contributed by atoms with E-state index in [0.717, 1.165) is 35.2 Å². The van der Waals surface area contributed by atoms with E-state index in [9.17, 15) is 14.7 Å². The van der Waals surface area contributed by atoms with E-state index < -0.39 is 0 Å². The number of anilines is 1. The highest BCUT2D eigenvalue weighted by Crippen LogP contribution is 2.24. The summed E-state index contributed by atoms with van der Waals surface area (Å²) in [6.45, 7) is 5.12. The van der Waals surface area contributed by atoms with Gasteiger partial charge in [-0.15, -0.1) is 0 Å². The van der Waals surface area contributed by atoms with Gasteiger partial charge in [0, 0.05) is 25.8 Å². The summed E-state index contributed by atoms with van der Waals surface area (Å²) >= 11 is 1.40. The Balaban J connectivity index is 1.61. The lowest BCUT2D eigenvalue weighted by atomic mass is 10.0. The van der Waals surface area contributed by atoms with Crippen LogP contribution in [-0.4, -0.2) is 58.8 Å². The number of hydrogen-bond acceptors (Lipinski definition) is 8. The van der Waals surface area contributed by atoms with E-state index in [-0.39, 0.29) is 30.5 Å². The predicted octanol–water partition coefficient (Wildman–Crippen LogP) is 2.26. The second-order valence-corrected chi connectivity index (χ2v) is 11.2. The molecule has 2 atom stereocenters. The van der Waals surface area contributed by atoms with Gasteiger partial charge in [-0.2, -0.15) is 0 Å². The molecule has 1 aliphatic heterocycles. The number of pyridine rings is 1. The monoisotopic (exact) mass is 551 g/mol. The zero-order valence-electron chi connectivity index (χ0n) is 22.6. The van der Waals surface area contributed by atoms with Crippen LogP contribution in [0.4, 0.5) is 5.13 Å². The summed E-state index contributed by atoms with van der Waals surface area (Å²) < 4.78 is 2.61. The molecule has 0 unspecified atom stereocenters. The molecule has 1 aromatic carbocycles. The number of aliphatic hydroxyl groups excluding tert-OH is 1. The molecule has 0 aliphatic carbocycles. The molecule has 1 aliphatic rings. The van der Waals surface area contributed by atoms with Crippen LogP contribution in [0.2, 0.25) is 0 Å². The minimum absolute atomic E-state index is 0.0220. The second kappa shape index (κ2) is 13.0. The van der Waals surface area contributed by atoms with Crippen molar-refractivity contribution in [3.63, 3.8) is 0 Å². The Morgan fingerprint density at radius 3 is 2.87 bits per heavy atom. The van der Waals surface area contributed by atoms with Gasteiger partial charge in [-0.05, 0) is 67.6 Å². The first kappa shape index (κ1) is 28.5. The maximum Gasteiger partial charge on any atom is 0.268 e. The fourth-order valence-electron chi connectivity index (χ4n) is 4.79. The zero-order valence-corrected chi connectivity index (χ0v) is 23.4. The van der Waals surface area contributed by atoms with Crippen LogP contribution in [0.3, 0.4) is 0 Å². The average molecular weight is 552 g/mol. The summed E-state index contributed by atoms with van der Waals surface area (Å²) in [5.74, 6) is -0.324. The fraction of sp³-hybridized carbons (Fsp3) is 0.429. The summed E-state index contributed by atoms with van der Waals surface area (Å²) in [6.07, 6.45) is 6.19. The van der Waals surface area contributed by atoms with Crippen LogP contribution in [0.15, 0.2) is 47.6 Å². The van der Waals surface area contributed by atoms with Gasteiger partial charge in [0.2, 0.25) is 0 Å². The van der Waals surface area contributed by atoms with Crippen LogP contribution in [0.5, 0.6) is 0 Å². The topological polar surface area (TPSA) is 147 Å². The number of carbonyl (C=O) groups is 2. The Kier molecular flexibility index (Phi) is 9.50. The molecule has 3 heterocycles. The molecule has 11 heteroatoms. The minimum atomic E-state index is -0.377. The Morgan fingerprint density at radius 1 is 1.36 bits per heavy atom. The Morgan fingerprint density at radius 2 is 2.18 bits per heavy atom. The van der Waals surface area contributed by atoms with E-state index in [1.54, 1.807) is 29.9 Å². The highest BCUT2D eigenvalue weighted by atomic mass is 32.1. The van der Waals surface area contributed by atoms with E-state index in [0.29, 0.717) is 40.8 Å². The predicted molar refractivity (Wildman–Crippen MR) is 155 cm³/mol. The summed E-state index contributed by atoms with van der Waals surface area (Å²) in [7, 11) is 1.60. The third-order valence-corrected chi connectivity index (χ3v) is 7.45. The largest absolute Gasteiger partial charge is 0.394 e. The third kappa shape index (κ3) is 7.11. The van der Waals surface area contributed by atoms with Crippen molar-refractivity contribution in [3.8, 4) is 0 Å². The molecule has 1 saturated heterocycles. The van der Waals surface area contributed by atoms with E-state index in [4.69, 9.17) is 5.73 Å². The summed E-state index contributed by atoms with van der Waals surface area (Å²) in [5, 5.41) is 19.7. The molecule has 0 saturated carbocycles. The van der Waals surface area contributed by atoms with Crippen molar-refractivity contribution in [2.75, 3.05) is 25.9 Å². The minimum Gasteiger partial charge on any atom is -0.394 e. The molecular formula is C28H37N7O3S. The first-order valence-corrected chi connectivity index (χ1v) is 14.1. The second-order valence-electron chi connectivity index (χ2n) is 10.1. The number of nitrogens with zero attached hydrogens (tertiary/aromatic N) is 3. The maximum absolute atomic E-state index is 13.6. The smallest absolute Gasteiger partial charge is 0.268 e. The molecule has 4 rings (SSSR count). The standard InChI is InChI=1S/C28H37N7O3S/c1-17(2)12-20(16-36)33-27(38)23(14-19-6-4-10-31-19)35-11-5-7-21(25(35)30-3)26(37)32-15-18-8-9-22-24(13-18)39-28(29)34-22/h5,7-9,11,13-14,17,19-20,31,36H,4,6,10,12,15-16H2,1-3H3,(H2,29,34)(H,32,37)(H,33,38)/b23-14+,30-25?/t19-,20-/m0/s1. The first-order chi connectivity index (χ1) is 18.8. The number of carbonyl (C=O) groups excluding carboxylic acids is 2. The highest BCUT2D eigenvalue weighted by molar-refractivity contribution is 7.22. The molecule has 0 spiro atoms. The van der Waals surface area contributed by atoms with Crippen molar-refractivity contribution in [2.24, 2.45) is 10.9 Å². The highest BCUT2D eigenvalue weighted by Gasteiger charge is 2.22. The van der Waals surface area contributed by atoms with Crippen LogP contribution in [0.25, 0.3) is 15.9 Å². The lowest BCUT2D eigenvalue weighted by Crippen LogP contribution is -2.42. The van der Waals surface area contributed by atoms with Crippen molar-refractivity contribution >= 4 is 44.2 Å². The molecule has 2 aromatic heterocycles. The number of thiazole rings is 1. The number of aromatic nitrogens is 2. The van der Waals surface area contributed by atoms with Crippen molar-refractivity contribution in [2.45, 2.75) is 51.7 Å². The van der Waals surface area contributed by atoms with Crippen LogP contribution in [-0.2, 0) is 11.3 Å². The van der Waals surface area contributed by atoms with Crippen molar-refractivity contribution in [3.05, 3.63) is 59.2 Å². The molecule has 0 bridgehead atoms. The van der Waals surface area contributed by atoms with Crippen molar-refractivity contribution in [1.82, 2.24) is 25.5 Å². The van der Waals surface area contributed by atoms with Crippen LogP contribution in [0.1, 0.15) is 49.0 Å². The van der Waals surface area contributed by atoms with Gasteiger partial charge >= 0.3 is 0 Å². The van der Waals surface area contributed by atoms with Gasteiger partial charge in [0.15, 0.2) is 5.13 Å². The number of nitrogen functional groups attached to an aromatic ring is 1. The first-order valence-electron chi connectivity index (χ1n) is 13.2. The molecule has 39 heavy (non-hydrogen) atoms. The Bertz CT molecular complexity index is 1420. The van der Waals surface area contributed by atoms with Gasteiger partial charge in [0.25, 0.3) is 11.8 Å². The summed E-state index contributed by atoms with van der Waals surface area (Å²) in [6, 6.07) is 8.84. The zero-order chi connectivity index (χ0) is 27.9. The van der Waals surface area contributed by atoms with Crippen LogP contribution >= 0.6 is 11.3 Å². The number of benzene rings is 1. The van der Waals surface area contributed by atoms with E-state index in [2.05, 4.69) is 25.9 Å². The Labute approximate surface area is 232 Å². The number of nitrogens with two attached hydrogens (primary N) is 1.